The summed E-state index contributed by atoms with van der Waals surface area (Å²) < 4.78 is 5.92. The normalized spacial score (nSPS) is 25.8. The Morgan fingerprint density at radius 1 is 1.18 bits per heavy atom. The number of ether oxygens (including phenoxy) is 1. The van der Waals surface area contributed by atoms with Gasteiger partial charge in [-0.15, -0.1) is 0 Å². The number of hydrogen-bond donors (Lipinski definition) is 0. The molecule has 1 heterocycles. The zero-order valence-electron chi connectivity index (χ0n) is 15.3. The van der Waals surface area contributed by atoms with Crippen LogP contribution in [0.5, 0.6) is 0 Å². The fraction of sp³-hybridized carbons (Fsp3) is 0.619. The van der Waals surface area contributed by atoms with E-state index in [2.05, 4.69) is 84.1 Å². The third kappa shape index (κ3) is 7.26. The van der Waals surface area contributed by atoms with E-state index < -0.39 is 0 Å². The first-order valence-electron chi connectivity index (χ1n) is 8.68. The molecule has 0 N–H and O–H groups in total. The largest absolute Gasteiger partial charge is 0.371 e. The zero-order valence-corrected chi connectivity index (χ0v) is 15.3. The van der Waals surface area contributed by atoms with Gasteiger partial charge in [-0.3, -0.25) is 0 Å². The highest BCUT2D eigenvalue weighted by Crippen LogP contribution is 2.26. The molecule has 22 heavy (non-hydrogen) atoms. The van der Waals surface area contributed by atoms with E-state index in [4.69, 9.17) is 4.74 Å². The lowest BCUT2D eigenvalue weighted by Crippen LogP contribution is -2.14. The van der Waals surface area contributed by atoms with Gasteiger partial charge in [0.1, 0.15) is 0 Å². The summed E-state index contributed by atoms with van der Waals surface area (Å²) in [4.78, 5) is 0. The maximum Gasteiger partial charge on any atom is 0.0763 e. The van der Waals surface area contributed by atoms with Gasteiger partial charge in [0.25, 0.3) is 0 Å². The Hall–Kier alpha value is -1.08. The molecule has 0 radical (unpaired) electrons. The van der Waals surface area contributed by atoms with Crippen LogP contribution in [0.3, 0.4) is 0 Å². The van der Waals surface area contributed by atoms with Gasteiger partial charge in [0.2, 0.25) is 0 Å². The van der Waals surface area contributed by atoms with Crippen molar-refractivity contribution in [2.75, 3.05) is 0 Å². The van der Waals surface area contributed by atoms with E-state index in [1.807, 2.05) is 0 Å². The van der Waals surface area contributed by atoms with Gasteiger partial charge in [-0.05, 0) is 37.5 Å². The van der Waals surface area contributed by atoms with Crippen LogP contribution in [0.1, 0.15) is 60.8 Å². The monoisotopic (exact) mass is 302 g/mol. The summed E-state index contributed by atoms with van der Waals surface area (Å²) >= 11 is 0. The molecule has 1 nitrogen and oxygen atoms in total. The lowest BCUT2D eigenvalue weighted by atomic mass is 9.82. The molecule has 1 aliphatic heterocycles. The van der Waals surface area contributed by atoms with Crippen LogP contribution in [0, 0.1) is 11.3 Å². The van der Waals surface area contributed by atoms with Gasteiger partial charge in [0.15, 0.2) is 0 Å². The molecule has 1 fully saturated rings. The number of hydrogen-bond acceptors (Lipinski definition) is 1. The van der Waals surface area contributed by atoms with Crippen LogP contribution in [0.15, 0.2) is 48.1 Å². The first kappa shape index (κ1) is 19.0. The van der Waals surface area contributed by atoms with Crippen LogP contribution in [0.25, 0.3) is 0 Å². The van der Waals surface area contributed by atoms with Crippen molar-refractivity contribution >= 4 is 0 Å². The first-order chi connectivity index (χ1) is 10.3. The molecule has 1 rings (SSSR count). The Kier molecular flexibility index (Phi) is 7.89. The van der Waals surface area contributed by atoms with Crippen molar-refractivity contribution in [1.29, 1.82) is 0 Å². The first-order valence-corrected chi connectivity index (χ1v) is 8.68. The van der Waals surface area contributed by atoms with Crippen LogP contribution in [-0.4, -0.2) is 12.2 Å². The average molecular weight is 303 g/mol. The molecule has 1 unspecified atom stereocenters. The van der Waals surface area contributed by atoms with E-state index in [1.165, 1.54) is 12.0 Å². The molecule has 124 valence electrons. The minimum atomic E-state index is 0.310. The van der Waals surface area contributed by atoms with Crippen molar-refractivity contribution in [2.45, 2.75) is 73.0 Å². The summed E-state index contributed by atoms with van der Waals surface area (Å²) in [6.07, 6.45) is 19.4. The molecule has 1 heteroatoms. The standard InChI is InChI=1S/C21H34O/c1-7-19-15-16-20(22-19)14-13-17(2)11-9-8-10-12-18(3)21(4,5)6/h8-14,18-20H,7,15-16H2,1-6H3/b9-8+,12-10+,14-13+,17-11+/t18-,19?,20-/m1/s1. The number of rotatable bonds is 6. The second-order valence-electron chi connectivity index (χ2n) is 7.48. The lowest BCUT2D eigenvalue weighted by molar-refractivity contribution is 0.0690. The van der Waals surface area contributed by atoms with Gasteiger partial charge in [-0.2, -0.15) is 0 Å². The molecule has 0 aromatic carbocycles. The van der Waals surface area contributed by atoms with Crippen LogP contribution in [0.4, 0.5) is 0 Å². The molecule has 0 aromatic heterocycles. The summed E-state index contributed by atoms with van der Waals surface area (Å²) in [5, 5.41) is 0. The van der Waals surface area contributed by atoms with Crippen LogP contribution < -0.4 is 0 Å². The van der Waals surface area contributed by atoms with Crippen LogP contribution in [-0.2, 0) is 4.74 Å². The average Bonchev–Trinajstić information content (AvgIpc) is 2.91. The third-order valence-electron chi connectivity index (χ3n) is 4.52. The summed E-state index contributed by atoms with van der Waals surface area (Å²) in [6, 6.07) is 0. The molecule has 0 saturated carbocycles. The van der Waals surface area contributed by atoms with Crippen molar-refractivity contribution in [3.8, 4) is 0 Å². The molecule has 3 atom stereocenters. The van der Waals surface area contributed by atoms with E-state index in [0.717, 1.165) is 12.8 Å². The molecule has 0 aromatic rings. The van der Waals surface area contributed by atoms with E-state index in [-0.39, 0.29) is 0 Å². The maximum absolute atomic E-state index is 5.92. The fourth-order valence-corrected chi connectivity index (χ4v) is 2.28. The molecule has 0 bridgehead atoms. The Bertz CT molecular complexity index is 431. The van der Waals surface area contributed by atoms with Gasteiger partial charge in [-0.1, -0.05) is 82.7 Å². The minimum Gasteiger partial charge on any atom is -0.371 e. The van der Waals surface area contributed by atoms with Crippen molar-refractivity contribution in [3.05, 3.63) is 48.1 Å². The topological polar surface area (TPSA) is 9.23 Å². The summed E-state index contributed by atoms with van der Waals surface area (Å²) in [7, 11) is 0. The highest BCUT2D eigenvalue weighted by atomic mass is 16.5. The molecule has 1 saturated heterocycles. The van der Waals surface area contributed by atoms with Crippen molar-refractivity contribution in [3.63, 3.8) is 0 Å². The van der Waals surface area contributed by atoms with E-state index in [9.17, 15) is 0 Å². The zero-order chi connectivity index (χ0) is 16.6. The lowest BCUT2D eigenvalue weighted by Gasteiger charge is -2.23. The molecular weight excluding hydrogens is 268 g/mol. The Morgan fingerprint density at radius 3 is 2.50 bits per heavy atom. The third-order valence-corrected chi connectivity index (χ3v) is 4.52. The van der Waals surface area contributed by atoms with Gasteiger partial charge in [-0.25, -0.2) is 0 Å². The van der Waals surface area contributed by atoms with Crippen molar-refractivity contribution in [1.82, 2.24) is 0 Å². The Balaban J connectivity index is 2.39. The molecular formula is C21H34O. The van der Waals surface area contributed by atoms with Gasteiger partial charge in [0, 0.05) is 0 Å². The SMILES string of the molecule is CCC1CC[C@@H](/C=C/C(C)=C/C=C/C=C/[C@@H](C)C(C)(C)C)O1. The summed E-state index contributed by atoms with van der Waals surface area (Å²) in [6.45, 7) is 13.4. The van der Waals surface area contributed by atoms with Crippen molar-refractivity contribution < 1.29 is 4.74 Å². The molecule has 1 aliphatic rings. The van der Waals surface area contributed by atoms with Gasteiger partial charge >= 0.3 is 0 Å². The van der Waals surface area contributed by atoms with Crippen molar-refractivity contribution in [2.24, 2.45) is 11.3 Å². The highest BCUT2D eigenvalue weighted by Gasteiger charge is 2.21. The summed E-state index contributed by atoms with van der Waals surface area (Å²) in [5.74, 6) is 0.577. The predicted octanol–water partition coefficient (Wildman–Crippen LogP) is 6.24. The second-order valence-corrected chi connectivity index (χ2v) is 7.48. The van der Waals surface area contributed by atoms with E-state index in [0.29, 0.717) is 23.5 Å². The second kappa shape index (κ2) is 9.15. The smallest absolute Gasteiger partial charge is 0.0763 e. The van der Waals surface area contributed by atoms with Crippen LogP contribution in [0.2, 0.25) is 0 Å². The maximum atomic E-state index is 5.92. The number of allylic oxidation sites excluding steroid dienone is 7. The molecule has 0 amide bonds. The van der Waals surface area contributed by atoms with Gasteiger partial charge < -0.3 is 4.74 Å². The summed E-state index contributed by atoms with van der Waals surface area (Å²) in [5.41, 5.74) is 1.59. The quantitative estimate of drug-likeness (QED) is 0.528. The van der Waals surface area contributed by atoms with E-state index >= 15 is 0 Å². The van der Waals surface area contributed by atoms with Gasteiger partial charge in [0.05, 0.1) is 12.2 Å². The Morgan fingerprint density at radius 2 is 1.91 bits per heavy atom. The molecule has 0 aliphatic carbocycles. The molecule has 0 spiro atoms. The minimum absolute atomic E-state index is 0.310. The van der Waals surface area contributed by atoms with Crippen LogP contribution >= 0.6 is 0 Å². The Labute approximate surface area is 137 Å². The highest BCUT2D eigenvalue weighted by molar-refractivity contribution is 5.24. The predicted molar refractivity (Wildman–Crippen MR) is 98.0 cm³/mol. The fourth-order valence-electron chi connectivity index (χ4n) is 2.28. The van der Waals surface area contributed by atoms with E-state index in [1.54, 1.807) is 0 Å².